The van der Waals surface area contributed by atoms with E-state index in [1.54, 1.807) is 29.1 Å². The SMILES string of the molecule is Cc1ncsc1-c1ccc([C@H](C)NC(=O)[C@@H]2C[C@@H](O)CN2C(=O)C(NC(=O)COCCc2ccc(COc3cc(F)c([C@@H]4c5[nH]c6ccccc6c5C[C@@H](C)N4CC(C)(C)F)c(F)c3)nc2)C(C)(C)C)cc1. The van der Waals surface area contributed by atoms with Crippen LogP contribution in [0.25, 0.3) is 21.3 Å². The third-order valence-corrected chi connectivity index (χ3v) is 14.5. The number of halogens is 3. The van der Waals surface area contributed by atoms with Gasteiger partial charge in [-0.05, 0) is 87.3 Å². The average Bonchev–Trinajstić information content (AvgIpc) is 4.05. The number of aliphatic hydroxyl groups excluding tert-OH is 1. The number of nitrogens with one attached hydrogen (secondary N) is 3. The number of amides is 3. The number of aryl methyl sites for hydroxylation is 1. The van der Waals surface area contributed by atoms with Gasteiger partial charge < -0.3 is 35.1 Å². The van der Waals surface area contributed by atoms with Crippen LogP contribution >= 0.6 is 11.3 Å². The zero-order chi connectivity index (χ0) is 51.6. The maximum atomic E-state index is 16.2. The summed E-state index contributed by atoms with van der Waals surface area (Å²) in [5.41, 5.74) is 5.89. The molecule has 0 bridgehead atoms. The second kappa shape index (κ2) is 21.5. The first kappa shape index (κ1) is 52.2. The van der Waals surface area contributed by atoms with E-state index < -0.39 is 64.7 Å². The van der Waals surface area contributed by atoms with Crippen molar-refractivity contribution in [2.24, 2.45) is 5.41 Å². The number of para-hydroxylation sites is 1. The number of ether oxygens (including phenoxy) is 2. The Labute approximate surface area is 422 Å². The molecule has 17 heteroatoms. The average molecular weight is 1010 g/mol. The first-order valence-electron chi connectivity index (χ1n) is 24.4. The van der Waals surface area contributed by atoms with Gasteiger partial charge in [-0.3, -0.25) is 24.3 Å². The van der Waals surface area contributed by atoms with E-state index in [0.29, 0.717) is 24.2 Å². The van der Waals surface area contributed by atoms with Gasteiger partial charge in [-0.15, -0.1) is 11.3 Å². The molecule has 1 fully saturated rings. The fourth-order valence-corrected chi connectivity index (χ4v) is 10.6. The molecule has 0 saturated carbocycles. The second-order valence-electron chi connectivity index (χ2n) is 20.8. The Kier molecular flexibility index (Phi) is 15.6. The van der Waals surface area contributed by atoms with Crippen LogP contribution in [-0.2, 0) is 38.6 Å². The maximum Gasteiger partial charge on any atom is 0.246 e. The minimum absolute atomic E-state index is 0.0194. The maximum absolute atomic E-state index is 16.2. The lowest BCUT2D eigenvalue weighted by atomic mass is 9.85. The van der Waals surface area contributed by atoms with Gasteiger partial charge in [-0.25, -0.2) is 18.2 Å². The quantitative estimate of drug-likeness (QED) is 0.0655. The standard InChI is InChI=1S/C55H64F3N7O6S/c1-31-21-41-40-11-9-10-12-44(40)62-48(41)49(65(31)29-55(7,8)58)47-42(56)23-39(24-43(47)57)71-27-37-18-13-34(25-59-37)19-20-70-28-46(67)63-51(54(4,5)6)53(69)64-26-38(66)22-45(64)52(68)61-32(2)35-14-16-36(17-15-35)50-33(3)60-30-72-50/h9-18,23-25,30-32,38,45,49,51,62,66H,19-22,26-29H2,1-8H3,(H,61,68)(H,63,67)/t31-,32+,38-,45+,49-,51?/m1/s1. The molecule has 3 aromatic carbocycles. The highest BCUT2D eigenvalue weighted by atomic mass is 32.1. The molecule has 3 aromatic heterocycles. The topological polar surface area (TPSA) is 162 Å². The molecule has 3 amide bonds. The Bertz CT molecular complexity index is 2870. The largest absolute Gasteiger partial charge is 0.487 e. The van der Waals surface area contributed by atoms with Crippen molar-refractivity contribution in [2.75, 3.05) is 26.3 Å². The number of H-pyrrole nitrogens is 1. The number of β-amino-alcohol motifs (C(OH)–C–C–N with tert-alkyl or cyclic N) is 1. The smallest absolute Gasteiger partial charge is 0.246 e. The number of hydrogen-bond donors (Lipinski definition) is 4. The molecule has 382 valence electrons. The number of benzene rings is 3. The van der Waals surface area contributed by atoms with Gasteiger partial charge in [-0.2, -0.15) is 0 Å². The molecule has 8 rings (SSSR count). The summed E-state index contributed by atoms with van der Waals surface area (Å²) in [4.78, 5) is 57.5. The van der Waals surface area contributed by atoms with E-state index in [4.69, 9.17) is 9.47 Å². The molecule has 2 aliphatic heterocycles. The number of rotatable bonds is 17. The van der Waals surface area contributed by atoms with Crippen LogP contribution in [0.15, 0.2) is 84.5 Å². The summed E-state index contributed by atoms with van der Waals surface area (Å²) in [6.07, 6.45) is 1.79. The van der Waals surface area contributed by atoms with E-state index in [-0.39, 0.29) is 62.7 Å². The lowest BCUT2D eigenvalue weighted by Crippen LogP contribution is -2.58. The number of thiazole rings is 1. The van der Waals surface area contributed by atoms with Crippen molar-refractivity contribution in [3.8, 4) is 16.2 Å². The van der Waals surface area contributed by atoms with Gasteiger partial charge in [0.05, 0.1) is 46.6 Å². The normalized spacial score (nSPS) is 19.2. The highest BCUT2D eigenvalue weighted by Gasteiger charge is 2.45. The highest BCUT2D eigenvalue weighted by molar-refractivity contribution is 7.13. The number of carbonyl (C=O) groups is 3. The Balaban J connectivity index is 0.825. The first-order valence-corrected chi connectivity index (χ1v) is 25.3. The molecule has 6 aromatic rings. The fourth-order valence-electron chi connectivity index (χ4n) is 9.82. The van der Waals surface area contributed by atoms with Crippen molar-refractivity contribution in [3.05, 3.63) is 135 Å². The molecule has 2 aliphatic rings. The molecule has 72 heavy (non-hydrogen) atoms. The number of pyridine rings is 1. The van der Waals surface area contributed by atoms with E-state index in [1.807, 2.05) is 101 Å². The molecular weight excluding hydrogens is 944 g/mol. The number of aromatic amines is 1. The van der Waals surface area contributed by atoms with Crippen molar-refractivity contribution in [1.82, 2.24) is 35.4 Å². The number of nitrogens with zero attached hydrogens (tertiary/aromatic N) is 4. The minimum Gasteiger partial charge on any atom is -0.487 e. The number of aromatic nitrogens is 3. The van der Waals surface area contributed by atoms with Gasteiger partial charge in [0.25, 0.3) is 0 Å². The minimum atomic E-state index is -1.62. The van der Waals surface area contributed by atoms with Crippen LogP contribution in [-0.4, -0.2) is 104 Å². The monoisotopic (exact) mass is 1010 g/mol. The molecular formula is C55H64F3N7O6S. The van der Waals surface area contributed by atoms with Crippen LogP contribution in [0.5, 0.6) is 5.75 Å². The van der Waals surface area contributed by atoms with Gasteiger partial charge in [-0.1, -0.05) is 69.3 Å². The highest BCUT2D eigenvalue weighted by Crippen LogP contribution is 2.44. The Hall–Kier alpha value is -6.14. The van der Waals surface area contributed by atoms with E-state index in [0.717, 1.165) is 55.9 Å². The van der Waals surface area contributed by atoms with Crippen LogP contribution in [0, 0.1) is 24.0 Å². The Morgan fingerprint density at radius 3 is 2.36 bits per heavy atom. The molecule has 0 radical (unpaired) electrons. The number of hydrogen-bond acceptors (Lipinski definition) is 10. The predicted octanol–water partition coefficient (Wildman–Crippen LogP) is 8.87. The van der Waals surface area contributed by atoms with E-state index >= 15 is 13.2 Å². The second-order valence-corrected chi connectivity index (χ2v) is 21.7. The molecule has 1 unspecified atom stereocenters. The van der Waals surface area contributed by atoms with Gasteiger partial charge in [0.2, 0.25) is 17.7 Å². The molecule has 0 spiro atoms. The number of alkyl halides is 1. The first-order chi connectivity index (χ1) is 34.1. The van der Waals surface area contributed by atoms with E-state index in [9.17, 15) is 19.5 Å². The van der Waals surface area contributed by atoms with Gasteiger partial charge in [0.1, 0.15) is 48.4 Å². The fraction of sp³-hybridized carbons (Fsp3) is 0.436. The summed E-state index contributed by atoms with van der Waals surface area (Å²) in [5.74, 6) is -3.02. The summed E-state index contributed by atoms with van der Waals surface area (Å²) in [6.45, 7) is 13.8. The van der Waals surface area contributed by atoms with Crippen LogP contribution in [0.1, 0.15) is 106 Å². The predicted molar refractivity (Wildman–Crippen MR) is 271 cm³/mol. The summed E-state index contributed by atoms with van der Waals surface area (Å²) < 4.78 is 59.2. The van der Waals surface area contributed by atoms with Gasteiger partial charge >= 0.3 is 0 Å². The van der Waals surface area contributed by atoms with Crippen molar-refractivity contribution in [2.45, 2.75) is 123 Å². The Morgan fingerprint density at radius 2 is 1.71 bits per heavy atom. The summed E-state index contributed by atoms with van der Waals surface area (Å²) >= 11 is 1.56. The molecule has 5 heterocycles. The molecule has 4 N–H and O–H groups in total. The molecule has 1 saturated heterocycles. The number of fused-ring (bicyclic) bond motifs is 3. The van der Waals surface area contributed by atoms with Crippen molar-refractivity contribution < 1.29 is 42.1 Å². The van der Waals surface area contributed by atoms with Crippen molar-refractivity contribution in [3.63, 3.8) is 0 Å². The third-order valence-electron chi connectivity index (χ3n) is 13.5. The number of aliphatic hydroxyl groups is 1. The lowest BCUT2D eigenvalue weighted by molar-refractivity contribution is -0.144. The summed E-state index contributed by atoms with van der Waals surface area (Å²) in [5, 5.41) is 17.5. The molecule has 0 aliphatic carbocycles. The van der Waals surface area contributed by atoms with E-state index in [2.05, 4.69) is 25.6 Å². The summed E-state index contributed by atoms with van der Waals surface area (Å²) in [6, 6.07) is 18.0. The van der Waals surface area contributed by atoms with Crippen molar-refractivity contribution in [1.29, 1.82) is 0 Å². The van der Waals surface area contributed by atoms with E-state index in [1.165, 1.54) is 18.7 Å². The lowest BCUT2D eigenvalue weighted by Gasteiger charge is -2.43. The molecule has 6 atom stereocenters. The van der Waals surface area contributed by atoms with Crippen LogP contribution in [0.3, 0.4) is 0 Å². The van der Waals surface area contributed by atoms with Crippen LogP contribution in [0.2, 0.25) is 0 Å². The Morgan fingerprint density at radius 1 is 0.986 bits per heavy atom. The molecule has 13 nitrogen and oxygen atoms in total. The van der Waals surface area contributed by atoms with Crippen LogP contribution < -0.4 is 15.4 Å². The zero-order valence-electron chi connectivity index (χ0n) is 42.0. The third kappa shape index (κ3) is 11.9. The zero-order valence-corrected chi connectivity index (χ0v) is 42.8. The number of carbonyl (C=O) groups excluding carboxylic acids is 3. The van der Waals surface area contributed by atoms with Gasteiger partial charge in [0, 0.05) is 66.0 Å². The van der Waals surface area contributed by atoms with Crippen LogP contribution in [0.4, 0.5) is 13.2 Å². The summed E-state index contributed by atoms with van der Waals surface area (Å²) in [7, 11) is 0. The van der Waals surface area contributed by atoms with Crippen molar-refractivity contribution >= 4 is 40.0 Å². The number of likely N-dealkylation sites (tertiary alicyclic amines) is 1. The van der Waals surface area contributed by atoms with Gasteiger partial charge in [0.15, 0.2) is 0 Å².